The van der Waals surface area contributed by atoms with Crippen LogP contribution in [0.1, 0.15) is 47.9 Å². The zero-order valence-corrected chi connectivity index (χ0v) is 11.3. The van der Waals surface area contributed by atoms with Gasteiger partial charge in [0.05, 0.1) is 12.2 Å². The van der Waals surface area contributed by atoms with Crippen molar-refractivity contribution in [1.29, 1.82) is 0 Å². The maximum atomic E-state index is 12.0. The number of carbonyl (C=O) groups excluding carboxylic acids is 1. The normalized spacial score (nSPS) is 21.8. The minimum atomic E-state index is -0.338. The summed E-state index contributed by atoms with van der Waals surface area (Å²) in [5, 5.41) is 0. The molecule has 0 saturated heterocycles. The molecule has 98 valence electrons. The van der Waals surface area contributed by atoms with Crippen LogP contribution in [0.15, 0.2) is 10.9 Å². The Hall–Kier alpha value is -1.58. The van der Waals surface area contributed by atoms with Crippen LogP contribution in [0.4, 0.5) is 0 Å². The maximum absolute atomic E-state index is 12.0. The Kier molecular flexibility index (Phi) is 3.28. The van der Waals surface area contributed by atoms with Crippen molar-refractivity contribution in [2.75, 3.05) is 6.61 Å². The number of nitrogens with zero attached hydrogens (tertiary/aromatic N) is 1. The van der Waals surface area contributed by atoms with Crippen LogP contribution in [-0.4, -0.2) is 17.1 Å². The van der Waals surface area contributed by atoms with Gasteiger partial charge in [-0.25, -0.2) is 4.79 Å². The number of pyridine rings is 1. The van der Waals surface area contributed by atoms with Gasteiger partial charge in [0, 0.05) is 17.8 Å². The summed E-state index contributed by atoms with van der Waals surface area (Å²) in [4.78, 5) is 24.0. The summed E-state index contributed by atoms with van der Waals surface area (Å²) in [5.74, 6) is 0.175. The minimum Gasteiger partial charge on any atom is -0.462 e. The Bertz CT molecular complexity index is 545. The van der Waals surface area contributed by atoms with Crippen molar-refractivity contribution in [3.8, 4) is 0 Å². The molecule has 1 aromatic heterocycles. The molecule has 0 spiro atoms. The van der Waals surface area contributed by atoms with Crippen LogP contribution in [0.3, 0.4) is 0 Å². The van der Waals surface area contributed by atoms with Gasteiger partial charge in [-0.3, -0.25) is 4.79 Å². The van der Waals surface area contributed by atoms with Gasteiger partial charge in [0.25, 0.3) is 5.56 Å². The second-order valence-electron chi connectivity index (χ2n) is 5.00. The van der Waals surface area contributed by atoms with E-state index in [1.54, 1.807) is 18.4 Å². The SMILES string of the molecule is CCOC(=O)c1c(C)cc(=O)n(C2CC2C)c1C. The van der Waals surface area contributed by atoms with Crippen molar-refractivity contribution in [1.82, 2.24) is 4.57 Å². The number of carbonyl (C=O) groups is 1. The molecule has 1 aliphatic carbocycles. The molecule has 1 saturated carbocycles. The van der Waals surface area contributed by atoms with Crippen LogP contribution >= 0.6 is 0 Å². The minimum absolute atomic E-state index is 0.0209. The van der Waals surface area contributed by atoms with Gasteiger partial charge in [-0.1, -0.05) is 6.92 Å². The molecule has 0 aromatic carbocycles. The Morgan fingerprint density at radius 3 is 2.61 bits per heavy atom. The van der Waals surface area contributed by atoms with Gasteiger partial charge in [-0.05, 0) is 38.7 Å². The fraction of sp³-hybridized carbons (Fsp3) is 0.571. The summed E-state index contributed by atoms with van der Waals surface area (Å²) in [6.45, 7) is 7.84. The number of rotatable bonds is 3. The van der Waals surface area contributed by atoms with Gasteiger partial charge < -0.3 is 9.30 Å². The van der Waals surface area contributed by atoms with Gasteiger partial charge in [0.15, 0.2) is 0 Å². The first-order chi connectivity index (χ1) is 8.47. The standard InChI is InChI=1S/C14H19NO3/c1-5-18-14(17)13-9(3)7-12(16)15(10(13)4)11-6-8(11)2/h7-8,11H,5-6H2,1-4H3. The van der Waals surface area contributed by atoms with E-state index in [2.05, 4.69) is 6.92 Å². The molecule has 4 heteroatoms. The van der Waals surface area contributed by atoms with Crippen molar-refractivity contribution < 1.29 is 9.53 Å². The van der Waals surface area contributed by atoms with Crippen LogP contribution in [0.5, 0.6) is 0 Å². The van der Waals surface area contributed by atoms with Crippen LogP contribution in [0.2, 0.25) is 0 Å². The van der Waals surface area contributed by atoms with E-state index in [0.29, 0.717) is 23.7 Å². The average molecular weight is 249 g/mol. The molecule has 0 aliphatic heterocycles. The van der Waals surface area contributed by atoms with E-state index < -0.39 is 0 Å². The third-order valence-electron chi connectivity index (χ3n) is 3.57. The van der Waals surface area contributed by atoms with Crippen LogP contribution in [0, 0.1) is 19.8 Å². The molecule has 1 heterocycles. The Balaban J connectivity index is 2.53. The smallest absolute Gasteiger partial charge is 0.340 e. The fourth-order valence-corrected chi connectivity index (χ4v) is 2.48. The predicted octanol–water partition coefficient (Wildman–Crippen LogP) is 2.22. The summed E-state index contributed by atoms with van der Waals surface area (Å²) >= 11 is 0. The topological polar surface area (TPSA) is 48.3 Å². The predicted molar refractivity (Wildman–Crippen MR) is 69.0 cm³/mol. The first-order valence-electron chi connectivity index (χ1n) is 6.37. The lowest BCUT2D eigenvalue weighted by Crippen LogP contribution is -2.25. The third kappa shape index (κ3) is 2.07. The van der Waals surface area contributed by atoms with Crippen LogP contribution in [-0.2, 0) is 4.74 Å². The third-order valence-corrected chi connectivity index (χ3v) is 3.57. The second-order valence-corrected chi connectivity index (χ2v) is 5.00. The summed E-state index contributed by atoms with van der Waals surface area (Å²) < 4.78 is 6.80. The lowest BCUT2D eigenvalue weighted by Gasteiger charge is -2.15. The highest BCUT2D eigenvalue weighted by atomic mass is 16.5. The largest absolute Gasteiger partial charge is 0.462 e. The first-order valence-corrected chi connectivity index (χ1v) is 6.37. The van der Waals surface area contributed by atoms with Crippen molar-refractivity contribution in [3.05, 3.63) is 33.2 Å². The summed E-state index contributed by atoms with van der Waals surface area (Å²) in [5.41, 5.74) is 1.94. The van der Waals surface area contributed by atoms with E-state index in [0.717, 1.165) is 12.1 Å². The maximum Gasteiger partial charge on any atom is 0.340 e. The molecule has 0 N–H and O–H groups in total. The molecule has 4 nitrogen and oxygen atoms in total. The number of aromatic nitrogens is 1. The molecule has 1 aliphatic rings. The molecular weight excluding hydrogens is 230 g/mol. The van der Waals surface area contributed by atoms with Crippen molar-refractivity contribution in [3.63, 3.8) is 0 Å². The summed E-state index contributed by atoms with van der Waals surface area (Å²) in [6.07, 6.45) is 1.01. The molecule has 1 fully saturated rings. The van der Waals surface area contributed by atoms with Crippen molar-refractivity contribution >= 4 is 5.97 Å². The molecule has 2 rings (SSSR count). The molecule has 18 heavy (non-hydrogen) atoms. The highest BCUT2D eigenvalue weighted by Gasteiger charge is 2.36. The van der Waals surface area contributed by atoms with E-state index in [-0.39, 0.29) is 17.6 Å². The molecule has 2 unspecified atom stereocenters. The van der Waals surface area contributed by atoms with E-state index in [9.17, 15) is 9.59 Å². The Morgan fingerprint density at radius 2 is 2.11 bits per heavy atom. The number of ether oxygens (including phenoxy) is 1. The quantitative estimate of drug-likeness (QED) is 0.772. The molecule has 0 radical (unpaired) electrons. The first kappa shape index (κ1) is 12.9. The molecular formula is C14H19NO3. The number of aryl methyl sites for hydroxylation is 1. The van der Waals surface area contributed by atoms with Crippen molar-refractivity contribution in [2.24, 2.45) is 5.92 Å². The van der Waals surface area contributed by atoms with Crippen molar-refractivity contribution in [2.45, 2.75) is 40.2 Å². The monoisotopic (exact) mass is 249 g/mol. The molecule has 2 atom stereocenters. The highest BCUT2D eigenvalue weighted by molar-refractivity contribution is 5.92. The van der Waals surface area contributed by atoms with E-state index in [4.69, 9.17) is 4.74 Å². The fourth-order valence-electron chi connectivity index (χ4n) is 2.48. The second kappa shape index (κ2) is 4.59. The van der Waals surface area contributed by atoms with E-state index in [1.807, 2.05) is 6.92 Å². The van der Waals surface area contributed by atoms with E-state index >= 15 is 0 Å². The summed E-state index contributed by atoms with van der Waals surface area (Å²) in [7, 11) is 0. The zero-order chi connectivity index (χ0) is 13.4. The molecule has 0 bridgehead atoms. The van der Waals surface area contributed by atoms with Gasteiger partial charge in [0.1, 0.15) is 0 Å². The number of hydrogen-bond acceptors (Lipinski definition) is 3. The zero-order valence-electron chi connectivity index (χ0n) is 11.3. The van der Waals surface area contributed by atoms with Crippen LogP contribution in [0.25, 0.3) is 0 Å². The van der Waals surface area contributed by atoms with Gasteiger partial charge >= 0.3 is 5.97 Å². The lowest BCUT2D eigenvalue weighted by atomic mass is 10.1. The summed E-state index contributed by atoms with van der Waals surface area (Å²) in [6, 6.07) is 1.77. The number of hydrogen-bond donors (Lipinski definition) is 0. The lowest BCUT2D eigenvalue weighted by molar-refractivity contribution is 0.0523. The Morgan fingerprint density at radius 1 is 1.50 bits per heavy atom. The van der Waals surface area contributed by atoms with Gasteiger partial charge in [0.2, 0.25) is 0 Å². The van der Waals surface area contributed by atoms with Crippen LogP contribution < -0.4 is 5.56 Å². The molecule has 1 aromatic rings. The average Bonchev–Trinajstić information content (AvgIpc) is 2.94. The highest BCUT2D eigenvalue weighted by Crippen LogP contribution is 2.42. The van der Waals surface area contributed by atoms with Gasteiger partial charge in [-0.2, -0.15) is 0 Å². The molecule has 0 amide bonds. The number of esters is 1. The van der Waals surface area contributed by atoms with Gasteiger partial charge in [-0.15, -0.1) is 0 Å². The van der Waals surface area contributed by atoms with E-state index in [1.165, 1.54) is 6.07 Å². The Labute approximate surface area is 107 Å².